The van der Waals surface area contributed by atoms with Crippen molar-refractivity contribution >= 4 is 29.1 Å². The number of ether oxygens (including phenoxy) is 1. The molecule has 0 aliphatic rings. The fraction of sp³-hybridized carbons (Fsp3) is 0.211. The van der Waals surface area contributed by atoms with E-state index >= 15 is 0 Å². The van der Waals surface area contributed by atoms with Crippen LogP contribution < -0.4 is 16.0 Å². The molecule has 0 fully saturated rings. The minimum absolute atomic E-state index is 0.0751. The predicted octanol–water partition coefficient (Wildman–Crippen LogP) is 1.39. The summed E-state index contributed by atoms with van der Waals surface area (Å²) in [4.78, 5) is 25.8. The number of esters is 1. The van der Waals surface area contributed by atoms with Gasteiger partial charge in [-0.05, 0) is 37.3 Å². The first-order valence-corrected chi connectivity index (χ1v) is 8.47. The summed E-state index contributed by atoms with van der Waals surface area (Å²) in [6.07, 6.45) is 0. The molecule has 2 rings (SSSR count). The van der Waals surface area contributed by atoms with Crippen LogP contribution in [0.5, 0.6) is 11.5 Å². The highest BCUT2D eigenvalue weighted by atomic mass is 16.5. The summed E-state index contributed by atoms with van der Waals surface area (Å²) >= 11 is 0. The van der Waals surface area contributed by atoms with Crippen LogP contribution in [0.1, 0.15) is 12.5 Å². The monoisotopic (exact) mass is 386 g/mol. The molecular weight excluding hydrogens is 364 g/mol. The number of amides is 1. The van der Waals surface area contributed by atoms with Gasteiger partial charge in [-0.2, -0.15) is 0 Å². The lowest BCUT2D eigenvalue weighted by Gasteiger charge is -2.24. The molecule has 9 heteroatoms. The molecule has 0 radical (unpaired) electrons. The molecule has 0 aromatic heterocycles. The summed E-state index contributed by atoms with van der Waals surface area (Å²) < 4.78 is 4.92. The predicted molar refractivity (Wildman–Crippen MR) is 105 cm³/mol. The molecule has 148 valence electrons. The average molecular weight is 386 g/mol. The number of nitrogens with two attached hydrogens (primary N) is 1. The van der Waals surface area contributed by atoms with E-state index < -0.39 is 11.9 Å². The van der Waals surface area contributed by atoms with Gasteiger partial charge in [-0.3, -0.25) is 15.0 Å². The molecule has 0 atom stereocenters. The third-order valence-corrected chi connectivity index (χ3v) is 3.76. The molecule has 1 amide bonds. The molecule has 0 saturated carbocycles. The van der Waals surface area contributed by atoms with Crippen LogP contribution in [-0.2, 0) is 14.3 Å². The second-order valence-electron chi connectivity index (χ2n) is 5.84. The van der Waals surface area contributed by atoms with Crippen LogP contribution >= 0.6 is 0 Å². The fourth-order valence-electron chi connectivity index (χ4n) is 2.49. The van der Waals surface area contributed by atoms with Crippen molar-refractivity contribution in [1.29, 1.82) is 5.41 Å². The van der Waals surface area contributed by atoms with Crippen molar-refractivity contribution < 1.29 is 24.5 Å². The third kappa shape index (κ3) is 5.37. The lowest BCUT2D eigenvalue weighted by Crippen LogP contribution is -2.37. The maximum absolute atomic E-state index is 12.5. The first kappa shape index (κ1) is 20.6. The molecule has 0 aliphatic carbocycles. The molecule has 6 N–H and O–H groups in total. The Bertz CT molecular complexity index is 884. The molecule has 0 heterocycles. The van der Waals surface area contributed by atoms with Gasteiger partial charge in [0.25, 0.3) is 0 Å². The normalized spacial score (nSPS) is 10.2. The van der Waals surface area contributed by atoms with Crippen molar-refractivity contribution in [3.05, 3.63) is 48.0 Å². The number of carbonyl (C=O) groups excluding carboxylic acids is 2. The maximum Gasteiger partial charge on any atom is 0.325 e. The van der Waals surface area contributed by atoms with E-state index in [1.54, 1.807) is 25.1 Å². The van der Waals surface area contributed by atoms with E-state index in [-0.39, 0.29) is 48.4 Å². The second-order valence-corrected chi connectivity index (χ2v) is 5.84. The van der Waals surface area contributed by atoms with E-state index in [4.69, 9.17) is 15.9 Å². The molecule has 0 unspecified atom stereocenters. The quantitative estimate of drug-likeness (QED) is 0.199. The number of phenolic OH excluding ortho intramolecular Hbond substituents is 2. The lowest BCUT2D eigenvalue weighted by atomic mass is 10.1. The number of hydrogen-bond acceptors (Lipinski definition) is 7. The summed E-state index contributed by atoms with van der Waals surface area (Å²) in [5, 5.41) is 29.9. The van der Waals surface area contributed by atoms with Gasteiger partial charge in [0.2, 0.25) is 5.91 Å². The SMILES string of the molecule is CCOC(=O)CN(CC(=O)Nc1cc(C(=N)N)ccc1O)c1ccccc1O. The number of nitrogens with zero attached hydrogens (tertiary/aromatic N) is 1. The number of nitrogen functional groups attached to an aromatic ring is 1. The third-order valence-electron chi connectivity index (χ3n) is 3.76. The van der Waals surface area contributed by atoms with Gasteiger partial charge in [-0.25, -0.2) is 0 Å². The molecule has 0 spiro atoms. The number of carbonyl (C=O) groups is 2. The molecular formula is C19H22N4O5. The van der Waals surface area contributed by atoms with Gasteiger partial charge in [-0.15, -0.1) is 0 Å². The van der Waals surface area contributed by atoms with Gasteiger partial charge >= 0.3 is 5.97 Å². The highest BCUT2D eigenvalue weighted by Crippen LogP contribution is 2.27. The summed E-state index contributed by atoms with van der Waals surface area (Å²) in [5.74, 6) is -1.61. The van der Waals surface area contributed by atoms with Crippen LogP contribution in [0, 0.1) is 5.41 Å². The fourth-order valence-corrected chi connectivity index (χ4v) is 2.49. The van der Waals surface area contributed by atoms with Gasteiger partial charge in [-0.1, -0.05) is 12.1 Å². The molecule has 28 heavy (non-hydrogen) atoms. The number of para-hydroxylation sites is 2. The number of nitrogens with one attached hydrogen (secondary N) is 2. The van der Waals surface area contributed by atoms with Gasteiger partial charge in [0.1, 0.15) is 23.9 Å². The van der Waals surface area contributed by atoms with Crippen molar-refractivity contribution in [1.82, 2.24) is 0 Å². The summed E-state index contributed by atoms with van der Waals surface area (Å²) in [6, 6.07) is 10.4. The van der Waals surface area contributed by atoms with Crippen LogP contribution in [0.4, 0.5) is 11.4 Å². The summed E-state index contributed by atoms with van der Waals surface area (Å²) in [7, 11) is 0. The zero-order valence-electron chi connectivity index (χ0n) is 15.3. The van der Waals surface area contributed by atoms with Crippen molar-refractivity contribution in [2.24, 2.45) is 5.73 Å². The van der Waals surface area contributed by atoms with Gasteiger partial charge in [0, 0.05) is 5.56 Å². The Balaban J connectivity index is 2.20. The Morgan fingerprint density at radius 3 is 2.50 bits per heavy atom. The number of anilines is 2. The van der Waals surface area contributed by atoms with Gasteiger partial charge in [0.05, 0.1) is 24.5 Å². The Kier molecular flexibility index (Phi) is 6.80. The number of aromatic hydroxyl groups is 2. The van der Waals surface area contributed by atoms with E-state index in [0.717, 1.165) is 0 Å². The largest absolute Gasteiger partial charge is 0.506 e. The van der Waals surface area contributed by atoms with E-state index in [2.05, 4.69) is 5.32 Å². The Morgan fingerprint density at radius 1 is 1.14 bits per heavy atom. The zero-order valence-corrected chi connectivity index (χ0v) is 15.3. The molecule has 0 bridgehead atoms. The highest BCUT2D eigenvalue weighted by Gasteiger charge is 2.19. The van der Waals surface area contributed by atoms with Crippen molar-refractivity contribution in [3.8, 4) is 11.5 Å². The van der Waals surface area contributed by atoms with E-state index in [1.807, 2.05) is 0 Å². The van der Waals surface area contributed by atoms with E-state index in [9.17, 15) is 19.8 Å². The summed E-state index contributed by atoms with van der Waals surface area (Å²) in [6.45, 7) is 1.31. The minimum atomic E-state index is -0.556. The first-order chi connectivity index (χ1) is 13.3. The van der Waals surface area contributed by atoms with Crippen LogP contribution in [0.3, 0.4) is 0 Å². The average Bonchev–Trinajstić information content (AvgIpc) is 2.63. The van der Waals surface area contributed by atoms with Crippen molar-refractivity contribution in [3.63, 3.8) is 0 Å². The van der Waals surface area contributed by atoms with Gasteiger partial charge < -0.3 is 30.9 Å². The van der Waals surface area contributed by atoms with E-state index in [1.165, 1.54) is 29.2 Å². The maximum atomic E-state index is 12.5. The molecule has 0 saturated heterocycles. The molecule has 0 aliphatic heterocycles. The number of amidine groups is 1. The number of benzene rings is 2. The molecule has 2 aromatic rings. The first-order valence-electron chi connectivity index (χ1n) is 8.47. The summed E-state index contributed by atoms with van der Waals surface area (Å²) in [5.41, 5.74) is 6.11. The number of hydrogen-bond donors (Lipinski definition) is 5. The van der Waals surface area contributed by atoms with Crippen LogP contribution in [0.2, 0.25) is 0 Å². The topological polar surface area (TPSA) is 149 Å². The van der Waals surface area contributed by atoms with Crippen molar-refractivity contribution in [2.45, 2.75) is 6.92 Å². The highest BCUT2D eigenvalue weighted by molar-refractivity contribution is 6.00. The standard InChI is InChI=1S/C19H22N4O5/c1-2-28-18(27)11-23(14-5-3-4-6-16(14)25)10-17(26)22-13-9-12(19(20)21)7-8-15(13)24/h3-9,24-25H,2,10-11H2,1H3,(H3,20,21)(H,22,26). The Hall–Kier alpha value is -3.75. The molecule has 2 aromatic carbocycles. The molecule has 9 nitrogen and oxygen atoms in total. The Labute approximate surface area is 161 Å². The smallest absolute Gasteiger partial charge is 0.325 e. The number of rotatable bonds is 8. The number of phenols is 2. The van der Waals surface area contributed by atoms with Crippen LogP contribution in [0.25, 0.3) is 0 Å². The second kappa shape index (κ2) is 9.26. The van der Waals surface area contributed by atoms with Crippen LogP contribution in [-0.4, -0.2) is 47.6 Å². The minimum Gasteiger partial charge on any atom is -0.506 e. The lowest BCUT2D eigenvalue weighted by molar-refractivity contribution is -0.141. The Morgan fingerprint density at radius 2 is 1.86 bits per heavy atom. The van der Waals surface area contributed by atoms with Crippen molar-refractivity contribution in [2.75, 3.05) is 29.9 Å². The zero-order chi connectivity index (χ0) is 20.7. The van der Waals surface area contributed by atoms with E-state index in [0.29, 0.717) is 5.56 Å². The van der Waals surface area contributed by atoms with Gasteiger partial charge in [0.15, 0.2) is 0 Å². The van der Waals surface area contributed by atoms with Crippen LogP contribution in [0.15, 0.2) is 42.5 Å².